The Morgan fingerprint density at radius 2 is 1.85 bits per heavy atom. The molecule has 20 heavy (non-hydrogen) atoms. The monoisotopic (exact) mass is 282 g/mol. The summed E-state index contributed by atoms with van der Waals surface area (Å²) in [5.74, 6) is 0.493. The molecule has 1 heterocycles. The lowest BCUT2D eigenvalue weighted by Crippen LogP contribution is -2.46. The zero-order valence-electron chi connectivity index (χ0n) is 12.1. The first-order chi connectivity index (χ1) is 9.75. The van der Waals surface area contributed by atoms with Gasteiger partial charge >= 0.3 is 0 Å². The molecule has 1 aliphatic heterocycles. The minimum atomic E-state index is 0.0841. The van der Waals surface area contributed by atoms with Gasteiger partial charge in [0.25, 0.3) is 0 Å². The number of hydrogen-bond donors (Lipinski definition) is 3. The lowest BCUT2D eigenvalue weighted by Gasteiger charge is -2.27. The third kappa shape index (κ3) is 5.88. The van der Waals surface area contributed by atoms with E-state index in [1.807, 2.05) is 0 Å². The van der Waals surface area contributed by atoms with Crippen molar-refractivity contribution in [2.45, 2.75) is 25.7 Å². The summed E-state index contributed by atoms with van der Waals surface area (Å²) in [7, 11) is 0. The Labute approximate surface area is 120 Å². The van der Waals surface area contributed by atoms with Crippen LogP contribution in [0.3, 0.4) is 0 Å². The van der Waals surface area contributed by atoms with Crippen molar-refractivity contribution < 1.29 is 9.59 Å². The topological polar surface area (TPSA) is 73.5 Å². The first-order valence-corrected chi connectivity index (χ1v) is 7.73. The molecule has 0 atom stereocenters. The fourth-order valence-electron chi connectivity index (χ4n) is 2.33. The highest BCUT2D eigenvalue weighted by Gasteiger charge is 2.28. The largest absolute Gasteiger partial charge is 0.356 e. The molecule has 0 aromatic rings. The molecule has 114 valence electrons. The van der Waals surface area contributed by atoms with Gasteiger partial charge in [-0.3, -0.25) is 14.5 Å². The molecule has 1 saturated heterocycles. The predicted octanol–water partition coefficient (Wildman–Crippen LogP) is -0.686. The van der Waals surface area contributed by atoms with E-state index in [2.05, 4.69) is 20.9 Å². The van der Waals surface area contributed by atoms with Crippen molar-refractivity contribution in [2.24, 2.45) is 5.92 Å². The summed E-state index contributed by atoms with van der Waals surface area (Å²) in [6.45, 7) is 6.44. The van der Waals surface area contributed by atoms with Gasteiger partial charge in [0, 0.05) is 58.2 Å². The lowest BCUT2D eigenvalue weighted by atomic mass is 10.3. The van der Waals surface area contributed by atoms with Crippen molar-refractivity contribution >= 4 is 11.8 Å². The maximum atomic E-state index is 11.6. The molecule has 6 heteroatoms. The van der Waals surface area contributed by atoms with Gasteiger partial charge in [-0.1, -0.05) is 0 Å². The Morgan fingerprint density at radius 1 is 1.10 bits per heavy atom. The highest BCUT2D eigenvalue weighted by molar-refractivity contribution is 5.81. The van der Waals surface area contributed by atoms with Gasteiger partial charge in [-0.05, 0) is 19.3 Å². The normalized spacial score (nSPS) is 19.6. The van der Waals surface area contributed by atoms with Crippen LogP contribution >= 0.6 is 0 Å². The van der Waals surface area contributed by atoms with E-state index in [1.54, 1.807) is 0 Å². The van der Waals surface area contributed by atoms with E-state index < -0.39 is 0 Å². The zero-order valence-corrected chi connectivity index (χ0v) is 12.1. The molecule has 2 rings (SSSR count). The fourth-order valence-corrected chi connectivity index (χ4v) is 2.33. The quantitative estimate of drug-likeness (QED) is 0.516. The van der Waals surface area contributed by atoms with Gasteiger partial charge < -0.3 is 16.0 Å². The van der Waals surface area contributed by atoms with Gasteiger partial charge in [0.1, 0.15) is 0 Å². The predicted molar refractivity (Wildman–Crippen MR) is 77.3 cm³/mol. The second-order valence-corrected chi connectivity index (χ2v) is 5.61. The third-order valence-corrected chi connectivity index (χ3v) is 3.79. The van der Waals surface area contributed by atoms with Crippen molar-refractivity contribution in [3.8, 4) is 0 Å². The summed E-state index contributed by atoms with van der Waals surface area (Å²) < 4.78 is 0. The Morgan fingerprint density at radius 3 is 2.55 bits per heavy atom. The van der Waals surface area contributed by atoms with E-state index >= 15 is 0 Å². The van der Waals surface area contributed by atoms with E-state index in [0.29, 0.717) is 19.5 Å². The molecule has 0 unspecified atom stereocenters. The van der Waals surface area contributed by atoms with Gasteiger partial charge in [-0.15, -0.1) is 0 Å². The molecule has 0 radical (unpaired) electrons. The third-order valence-electron chi connectivity index (χ3n) is 3.79. The molecule has 2 amide bonds. The standard InChI is InChI=1S/C14H26N4O2/c19-13(2-1-5-17-14(20)12-3-4-12)16-8-11-18-9-6-15-7-10-18/h12,15H,1-11H2,(H,16,19)(H,17,20). The molecular formula is C14H26N4O2. The van der Waals surface area contributed by atoms with Gasteiger partial charge in [-0.2, -0.15) is 0 Å². The zero-order chi connectivity index (χ0) is 14.2. The van der Waals surface area contributed by atoms with Crippen LogP contribution in [0.15, 0.2) is 0 Å². The first kappa shape index (κ1) is 15.3. The van der Waals surface area contributed by atoms with Crippen LogP contribution in [-0.4, -0.2) is 62.5 Å². The molecular weight excluding hydrogens is 256 g/mol. The number of carbonyl (C=O) groups excluding carboxylic acids is 2. The van der Waals surface area contributed by atoms with E-state index in [-0.39, 0.29) is 17.7 Å². The highest BCUT2D eigenvalue weighted by Crippen LogP contribution is 2.28. The summed E-state index contributed by atoms with van der Waals surface area (Å²) in [6.07, 6.45) is 3.26. The van der Waals surface area contributed by atoms with Crippen LogP contribution in [0.25, 0.3) is 0 Å². The molecule has 2 fully saturated rings. The molecule has 0 bridgehead atoms. The number of hydrogen-bond acceptors (Lipinski definition) is 4. The average Bonchev–Trinajstić information content (AvgIpc) is 3.29. The fraction of sp³-hybridized carbons (Fsp3) is 0.857. The van der Waals surface area contributed by atoms with Gasteiger partial charge in [-0.25, -0.2) is 0 Å². The number of piperazine rings is 1. The Hall–Kier alpha value is -1.14. The Bertz CT molecular complexity index is 325. The molecule has 0 aromatic heterocycles. The van der Waals surface area contributed by atoms with Crippen molar-refractivity contribution in [3.05, 3.63) is 0 Å². The van der Waals surface area contributed by atoms with Crippen molar-refractivity contribution in [1.29, 1.82) is 0 Å². The Balaban J connectivity index is 1.42. The number of rotatable bonds is 8. The Kier molecular flexibility index (Phi) is 6.26. The maximum absolute atomic E-state index is 11.6. The second kappa shape index (κ2) is 8.21. The number of amides is 2. The molecule has 1 saturated carbocycles. The molecule has 1 aliphatic carbocycles. The second-order valence-electron chi connectivity index (χ2n) is 5.61. The van der Waals surface area contributed by atoms with Crippen LogP contribution in [0, 0.1) is 5.92 Å². The summed E-state index contributed by atoms with van der Waals surface area (Å²) in [4.78, 5) is 25.3. The molecule has 0 spiro atoms. The minimum Gasteiger partial charge on any atom is -0.356 e. The van der Waals surface area contributed by atoms with Crippen molar-refractivity contribution in [2.75, 3.05) is 45.8 Å². The van der Waals surface area contributed by atoms with E-state index in [9.17, 15) is 9.59 Å². The van der Waals surface area contributed by atoms with Crippen LogP contribution in [0.1, 0.15) is 25.7 Å². The van der Waals surface area contributed by atoms with E-state index in [0.717, 1.165) is 52.0 Å². The van der Waals surface area contributed by atoms with Crippen LogP contribution in [-0.2, 0) is 9.59 Å². The van der Waals surface area contributed by atoms with Gasteiger partial charge in [0.2, 0.25) is 11.8 Å². The number of nitrogens with zero attached hydrogens (tertiary/aromatic N) is 1. The van der Waals surface area contributed by atoms with Crippen LogP contribution < -0.4 is 16.0 Å². The summed E-state index contributed by atoms with van der Waals surface area (Å²) in [6, 6.07) is 0. The van der Waals surface area contributed by atoms with Gasteiger partial charge in [0.05, 0.1) is 0 Å². The number of carbonyl (C=O) groups is 2. The minimum absolute atomic E-state index is 0.0841. The first-order valence-electron chi connectivity index (χ1n) is 7.73. The lowest BCUT2D eigenvalue weighted by molar-refractivity contribution is -0.123. The van der Waals surface area contributed by atoms with E-state index in [4.69, 9.17) is 0 Å². The SMILES string of the molecule is O=C(CCCNC(=O)C1CC1)NCCN1CCNCC1. The van der Waals surface area contributed by atoms with Gasteiger partial charge in [0.15, 0.2) is 0 Å². The summed E-state index contributed by atoms with van der Waals surface area (Å²) in [5.41, 5.74) is 0. The van der Waals surface area contributed by atoms with Crippen LogP contribution in [0.4, 0.5) is 0 Å². The smallest absolute Gasteiger partial charge is 0.223 e. The van der Waals surface area contributed by atoms with Crippen LogP contribution in [0.2, 0.25) is 0 Å². The average molecular weight is 282 g/mol. The molecule has 6 nitrogen and oxygen atoms in total. The number of nitrogens with one attached hydrogen (secondary N) is 3. The van der Waals surface area contributed by atoms with Crippen molar-refractivity contribution in [1.82, 2.24) is 20.9 Å². The summed E-state index contributed by atoms with van der Waals surface area (Å²) >= 11 is 0. The van der Waals surface area contributed by atoms with Crippen molar-refractivity contribution in [3.63, 3.8) is 0 Å². The maximum Gasteiger partial charge on any atom is 0.223 e. The molecule has 2 aliphatic rings. The molecule has 0 aromatic carbocycles. The summed E-state index contributed by atoms with van der Waals surface area (Å²) in [5, 5.41) is 9.12. The highest BCUT2D eigenvalue weighted by atomic mass is 16.2. The molecule has 3 N–H and O–H groups in total. The van der Waals surface area contributed by atoms with Crippen LogP contribution in [0.5, 0.6) is 0 Å². The van der Waals surface area contributed by atoms with E-state index in [1.165, 1.54) is 0 Å².